The lowest BCUT2D eigenvalue weighted by Crippen LogP contribution is -2.43. The molecule has 1 saturated carbocycles. The Hall–Kier alpha value is -1.76. The highest BCUT2D eigenvalue weighted by Gasteiger charge is 2.45. The summed E-state index contributed by atoms with van der Waals surface area (Å²) in [6.07, 6.45) is -1.57. The first-order valence-corrected chi connectivity index (χ1v) is 8.10. The van der Waals surface area contributed by atoms with Crippen LogP contribution in [0.25, 0.3) is 0 Å². The Balaban J connectivity index is 1.92. The van der Waals surface area contributed by atoms with Crippen LogP contribution in [0.1, 0.15) is 43.7 Å². The number of carbonyl (C=O) groups excluding carboxylic acids is 1. The summed E-state index contributed by atoms with van der Waals surface area (Å²) >= 11 is 0. The van der Waals surface area contributed by atoms with Crippen molar-refractivity contribution in [3.8, 4) is 0 Å². The number of hydrogen-bond acceptors (Lipinski definition) is 2. The number of hydrogen-bond donors (Lipinski definition) is 3. The summed E-state index contributed by atoms with van der Waals surface area (Å²) in [6.45, 7) is 2.23. The number of amides is 2. The first-order chi connectivity index (χ1) is 11.3. The normalized spacial score (nSPS) is 17.2. The minimum Gasteiger partial charge on any atom is -0.396 e. The summed E-state index contributed by atoms with van der Waals surface area (Å²) < 4.78 is 38.5. The highest BCUT2D eigenvalue weighted by molar-refractivity contribution is 5.74. The Morgan fingerprint density at radius 3 is 2.67 bits per heavy atom. The summed E-state index contributed by atoms with van der Waals surface area (Å²) in [5, 5.41) is 14.3. The topological polar surface area (TPSA) is 61.4 Å². The number of rotatable bonds is 7. The number of urea groups is 1. The van der Waals surface area contributed by atoms with Crippen molar-refractivity contribution >= 4 is 6.03 Å². The maximum Gasteiger partial charge on any atom is 0.416 e. The van der Waals surface area contributed by atoms with E-state index in [0.717, 1.165) is 18.9 Å². The van der Waals surface area contributed by atoms with Gasteiger partial charge in [-0.05, 0) is 44.2 Å². The summed E-state index contributed by atoms with van der Waals surface area (Å²) in [5.41, 5.74) is -0.438. The van der Waals surface area contributed by atoms with Gasteiger partial charge < -0.3 is 15.7 Å². The number of nitrogens with one attached hydrogen (secondary N) is 2. The van der Waals surface area contributed by atoms with Crippen LogP contribution in [-0.2, 0) is 11.6 Å². The second-order valence-electron chi connectivity index (χ2n) is 6.45. The highest BCUT2D eigenvalue weighted by atomic mass is 19.4. The van der Waals surface area contributed by atoms with Gasteiger partial charge in [0.05, 0.1) is 5.56 Å². The van der Waals surface area contributed by atoms with Crippen LogP contribution in [0.5, 0.6) is 0 Å². The van der Waals surface area contributed by atoms with E-state index in [1.807, 2.05) is 6.92 Å². The molecule has 0 bridgehead atoms. The molecule has 0 heterocycles. The van der Waals surface area contributed by atoms with Crippen LogP contribution >= 0.6 is 0 Å². The second kappa shape index (κ2) is 7.42. The molecule has 134 valence electrons. The molecule has 1 atom stereocenters. The van der Waals surface area contributed by atoms with Crippen LogP contribution in [0.3, 0.4) is 0 Å². The number of halogens is 3. The smallest absolute Gasteiger partial charge is 0.396 e. The van der Waals surface area contributed by atoms with Gasteiger partial charge in [0.15, 0.2) is 0 Å². The number of aliphatic hydroxyl groups is 1. The van der Waals surface area contributed by atoms with E-state index in [0.29, 0.717) is 24.9 Å². The number of aliphatic hydroxyl groups excluding tert-OH is 1. The van der Waals surface area contributed by atoms with E-state index in [1.54, 1.807) is 6.07 Å². The molecule has 4 nitrogen and oxygen atoms in total. The molecule has 1 aliphatic carbocycles. The third-order valence-corrected chi connectivity index (χ3v) is 4.42. The van der Waals surface area contributed by atoms with Gasteiger partial charge in [0.2, 0.25) is 0 Å². The monoisotopic (exact) mass is 344 g/mol. The molecule has 0 spiro atoms. The molecule has 1 unspecified atom stereocenters. The maximum absolute atomic E-state index is 12.8. The molecule has 7 heteroatoms. The Bertz CT molecular complexity index is 571. The summed E-state index contributed by atoms with van der Waals surface area (Å²) in [6, 6.07) is 4.93. The van der Waals surface area contributed by atoms with Gasteiger partial charge in [-0.25, -0.2) is 4.79 Å². The largest absolute Gasteiger partial charge is 0.416 e. The fourth-order valence-electron chi connectivity index (χ4n) is 2.74. The van der Waals surface area contributed by atoms with Crippen molar-refractivity contribution in [2.45, 2.75) is 50.2 Å². The molecule has 0 aromatic heterocycles. The van der Waals surface area contributed by atoms with Gasteiger partial charge in [-0.3, -0.25) is 0 Å². The van der Waals surface area contributed by atoms with Crippen molar-refractivity contribution in [3.05, 3.63) is 35.4 Å². The minimum atomic E-state index is -4.36. The Labute approximate surface area is 139 Å². The zero-order valence-corrected chi connectivity index (χ0v) is 13.6. The quantitative estimate of drug-likeness (QED) is 0.711. The van der Waals surface area contributed by atoms with Gasteiger partial charge in [0, 0.05) is 24.6 Å². The first kappa shape index (κ1) is 18.6. The van der Waals surface area contributed by atoms with Crippen LogP contribution in [0.2, 0.25) is 0 Å². The van der Waals surface area contributed by atoms with Crippen molar-refractivity contribution in [3.63, 3.8) is 0 Å². The van der Waals surface area contributed by atoms with Crippen LogP contribution < -0.4 is 10.6 Å². The molecule has 3 N–H and O–H groups in total. The van der Waals surface area contributed by atoms with Gasteiger partial charge >= 0.3 is 12.2 Å². The molecular formula is C17H23F3N2O2. The third kappa shape index (κ3) is 4.87. The van der Waals surface area contributed by atoms with Crippen molar-refractivity contribution in [1.82, 2.24) is 10.6 Å². The summed E-state index contributed by atoms with van der Waals surface area (Å²) in [7, 11) is 0. The molecule has 2 rings (SSSR count). The lowest BCUT2D eigenvalue weighted by molar-refractivity contribution is -0.137. The highest BCUT2D eigenvalue weighted by Crippen LogP contribution is 2.48. The van der Waals surface area contributed by atoms with E-state index >= 15 is 0 Å². The van der Waals surface area contributed by atoms with E-state index < -0.39 is 17.2 Å². The van der Waals surface area contributed by atoms with Crippen LogP contribution in [0.4, 0.5) is 18.0 Å². The summed E-state index contributed by atoms with van der Waals surface area (Å²) in [5.74, 6) is 0. The predicted octanol–water partition coefficient (Wildman–Crippen LogP) is 3.20. The summed E-state index contributed by atoms with van der Waals surface area (Å²) in [4.78, 5) is 11.9. The van der Waals surface area contributed by atoms with Crippen molar-refractivity contribution < 1.29 is 23.1 Å². The van der Waals surface area contributed by atoms with Crippen molar-refractivity contribution in [2.24, 2.45) is 0 Å². The van der Waals surface area contributed by atoms with Gasteiger partial charge in [-0.15, -0.1) is 0 Å². The van der Waals surface area contributed by atoms with Crippen LogP contribution in [-0.4, -0.2) is 30.3 Å². The van der Waals surface area contributed by atoms with Crippen molar-refractivity contribution in [2.75, 3.05) is 13.2 Å². The maximum atomic E-state index is 12.8. The standard InChI is InChI=1S/C17H23F3N2O2/c1-12(4-3-9-23)22-15(24)21-11-16(7-8-16)13-5-2-6-14(10-13)17(18,19)20/h2,5-6,10,12,23H,3-4,7-9,11H2,1H3,(H2,21,22,24). The number of benzene rings is 1. The molecular weight excluding hydrogens is 321 g/mol. The number of alkyl halides is 3. The molecule has 0 saturated heterocycles. The fourth-order valence-corrected chi connectivity index (χ4v) is 2.74. The zero-order chi connectivity index (χ0) is 17.8. The van der Waals surface area contributed by atoms with E-state index in [2.05, 4.69) is 10.6 Å². The van der Waals surface area contributed by atoms with E-state index in [4.69, 9.17) is 5.11 Å². The SMILES string of the molecule is CC(CCCO)NC(=O)NCC1(c2cccc(C(F)(F)F)c2)CC1. The molecule has 1 aromatic rings. The predicted molar refractivity (Wildman–Crippen MR) is 84.7 cm³/mol. The van der Waals surface area contributed by atoms with E-state index in [-0.39, 0.29) is 18.7 Å². The number of carbonyl (C=O) groups is 1. The Kier molecular flexibility index (Phi) is 5.74. The zero-order valence-electron chi connectivity index (χ0n) is 13.6. The van der Waals surface area contributed by atoms with Gasteiger partial charge in [0.1, 0.15) is 0 Å². The van der Waals surface area contributed by atoms with Crippen LogP contribution in [0, 0.1) is 0 Å². The lowest BCUT2D eigenvalue weighted by atomic mass is 9.94. The Morgan fingerprint density at radius 1 is 1.38 bits per heavy atom. The molecule has 1 aliphatic rings. The molecule has 0 aliphatic heterocycles. The minimum absolute atomic E-state index is 0.0686. The average molecular weight is 344 g/mol. The molecule has 24 heavy (non-hydrogen) atoms. The van der Waals surface area contributed by atoms with Crippen LogP contribution in [0.15, 0.2) is 24.3 Å². The molecule has 1 fully saturated rings. The van der Waals surface area contributed by atoms with Gasteiger partial charge in [-0.2, -0.15) is 13.2 Å². The van der Waals surface area contributed by atoms with Gasteiger partial charge in [0.25, 0.3) is 0 Å². The first-order valence-electron chi connectivity index (χ1n) is 8.10. The fraction of sp³-hybridized carbons (Fsp3) is 0.588. The van der Waals surface area contributed by atoms with Crippen molar-refractivity contribution in [1.29, 1.82) is 0 Å². The van der Waals surface area contributed by atoms with E-state index in [9.17, 15) is 18.0 Å². The third-order valence-electron chi connectivity index (χ3n) is 4.42. The van der Waals surface area contributed by atoms with Gasteiger partial charge in [-0.1, -0.05) is 18.2 Å². The van der Waals surface area contributed by atoms with E-state index in [1.165, 1.54) is 12.1 Å². The molecule has 2 amide bonds. The molecule has 1 aromatic carbocycles. The Morgan fingerprint density at radius 2 is 2.08 bits per heavy atom. The second-order valence-corrected chi connectivity index (χ2v) is 6.45. The lowest BCUT2D eigenvalue weighted by Gasteiger charge is -2.20. The molecule has 0 radical (unpaired) electrons. The average Bonchev–Trinajstić information content (AvgIpc) is 3.31.